The minimum absolute atomic E-state index is 0. The van der Waals surface area contributed by atoms with E-state index in [2.05, 4.69) is 11.5 Å². The molecule has 0 amide bonds. The molecule has 0 aliphatic rings. The van der Waals surface area contributed by atoms with Crippen molar-refractivity contribution >= 4 is 0 Å². The van der Waals surface area contributed by atoms with Crippen molar-refractivity contribution in [2.75, 3.05) is 19.6 Å². The second-order valence-corrected chi connectivity index (χ2v) is 5.84. The summed E-state index contributed by atoms with van der Waals surface area (Å²) in [5.74, 6) is 0. The molecule has 3 nitrogen and oxygen atoms in total. The predicted octanol–water partition coefficient (Wildman–Crippen LogP) is -8.53. The van der Waals surface area contributed by atoms with Gasteiger partial charge in [0.25, 0.3) is 0 Å². The van der Waals surface area contributed by atoms with Crippen molar-refractivity contribution in [2.45, 2.75) is 37.7 Å². The average molecular weight is 467 g/mol. The Morgan fingerprint density at radius 2 is 1.37 bits per heavy atom. The highest BCUT2D eigenvalue weighted by atomic mass is 35.5. The molecule has 0 bridgehead atoms. The first-order valence-electron chi connectivity index (χ1n) is 7.76. The molecule has 27 heavy (non-hydrogen) atoms. The lowest BCUT2D eigenvalue weighted by Gasteiger charge is -2.14. The van der Waals surface area contributed by atoms with Crippen LogP contribution < -0.4 is 54.0 Å². The van der Waals surface area contributed by atoms with Gasteiger partial charge in [-0.2, -0.15) is 26.3 Å². The largest absolute Gasteiger partial charge is 1.00 e. The van der Waals surface area contributed by atoms with Crippen molar-refractivity contribution in [3.8, 4) is 0 Å². The van der Waals surface area contributed by atoms with Gasteiger partial charge in [0.1, 0.15) is 12.6 Å². The van der Waals surface area contributed by atoms with Crippen LogP contribution in [0, 0.1) is 0 Å². The summed E-state index contributed by atoms with van der Waals surface area (Å²) in [7, 11) is 0. The Balaban J connectivity index is -0.00000192. The van der Waals surface area contributed by atoms with Gasteiger partial charge >= 0.3 is 12.4 Å². The molecule has 0 unspecified atom stereocenters. The van der Waals surface area contributed by atoms with E-state index in [0.29, 0.717) is 13.1 Å². The van der Waals surface area contributed by atoms with Crippen LogP contribution in [0.15, 0.2) is 18.2 Å². The number of hydrogen-bond donors (Lipinski definition) is 3. The summed E-state index contributed by atoms with van der Waals surface area (Å²) in [6.45, 7) is 1.91. The second-order valence-electron chi connectivity index (χ2n) is 5.84. The van der Waals surface area contributed by atoms with Crippen LogP contribution in [0.3, 0.4) is 0 Å². The number of hydrogen-bond acceptors (Lipinski definition) is 0. The van der Waals surface area contributed by atoms with Crippen LogP contribution >= 0.6 is 0 Å². The molecule has 0 spiro atoms. The number of rotatable bonds is 8. The van der Waals surface area contributed by atoms with Crippen molar-refractivity contribution in [1.29, 1.82) is 0 Å². The molecule has 0 aliphatic carbocycles. The molecule has 0 saturated heterocycles. The lowest BCUT2D eigenvalue weighted by Crippen LogP contribution is -3.00. The highest BCUT2D eigenvalue weighted by Crippen LogP contribution is 2.36. The van der Waals surface area contributed by atoms with Gasteiger partial charge in [0.15, 0.2) is 0 Å². The van der Waals surface area contributed by atoms with Crippen molar-refractivity contribution in [3.05, 3.63) is 34.9 Å². The Morgan fingerprint density at radius 3 is 1.78 bits per heavy atom. The maximum atomic E-state index is 12.8. The molecule has 8 N–H and O–H groups in total. The highest BCUT2D eigenvalue weighted by Gasteiger charge is 2.36. The Hall–Kier alpha value is -0.450. The third kappa shape index (κ3) is 11.9. The first kappa shape index (κ1) is 31.3. The molecule has 0 saturated carbocycles. The average Bonchev–Trinajstić information content (AvgIpc) is 2.47. The number of halogens is 9. The third-order valence-electron chi connectivity index (χ3n) is 3.65. The maximum Gasteiger partial charge on any atom is 0.416 e. The predicted molar refractivity (Wildman–Crippen MR) is 75.5 cm³/mol. The van der Waals surface area contributed by atoms with Crippen molar-refractivity contribution in [3.63, 3.8) is 0 Å². The van der Waals surface area contributed by atoms with Crippen LogP contribution in [0.5, 0.6) is 0 Å². The van der Waals surface area contributed by atoms with Crippen molar-refractivity contribution in [2.24, 2.45) is 0 Å². The van der Waals surface area contributed by atoms with Crippen LogP contribution in [-0.4, -0.2) is 25.7 Å². The van der Waals surface area contributed by atoms with E-state index in [1.54, 1.807) is 0 Å². The summed E-state index contributed by atoms with van der Waals surface area (Å²) >= 11 is 0. The fourth-order valence-corrected chi connectivity index (χ4v) is 2.34. The van der Waals surface area contributed by atoms with Gasteiger partial charge < -0.3 is 54.0 Å². The number of alkyl halides is 6. The minimum atomic E-state index is -4.80. The lowest BCUT2D eigenvalue weighted by molar-refractivity contribution is -0.680. The summed E-state index contributed by atoms with van der Waals surface area (Å²) in [5, 5.41) is 1.87. The molecule has 162 valence electrons. The van der Waals surface area contributed by atoms with Gasteiger partial charge in [-0.15, -0.1) is 0 Å². The molecular weight excluding hydrogens is 443 g/mol. The molecule has 0 heterocycles. The Labute approximate surface area is 172 Å². The number of nitrogens with two attached hydrogens (primary N) is 1. The first-order valence-corrected chi connectivity index (χ1v) is 7.76. The fourth-order valence-electron chi connectivity index (χ4n) is 2.34. The zero-order valence-electron chi connectivity index (χ0n) is 14.4. The number of benzene rings is 1. The number of quaternary nitrogens is 3. The lowest BCUT2D eigenvalue weighted by atomic mass is 10.0. The molecule has 1 aromatic rings. The van der Waals surface area contributed by atoms with Gasteiger partial charge in [-0.25, -0.2) is 0 Å². The van der Waals surface area contributed by atoms with Crippen LogP contribution in [0.25, 0.3) is 0 Å². The smallest absolute Gasteiger partial charge is 0.416 e. The van der Waals surface area contributed by atoms with E-state index in [0.717, 1.165) is 31.5 Å². The van der Waals surface area contributed by atoms with E-state index in [1.165, 1.54) is 0 Å². The van der Waals surface area contributed by atoms with Gasteiger partial charge in [0, 0.05) is 19.3 Å². The summed E-state index contributed by atoms with van der Waals surface area (Å²) < 4.78 is 76.6. The van der Waals surface area contributed by atoms with Gasteiger partial charge in [-0.05, 0) is 23.8 Å². The topological polar surface area (TPSA) is 71.9 Å². The zero-order valence-corrected chi connectivity index (χ0v) is 16.7. The molecule has 1 atom stereocenters. The van der Waals surface area contributed by atoms with Crippen LogP contribution in [0.1, 0.15) is 29.5 Å². The zero-order chi connectivity index (χ0) is 18.4. The van der Waals surface area contributed by atoms with E-state index in [4.69, 9.17) is 0 Å². The molecule has 0 aromatic heterocycles. The van der Waals surface area contributed by atoms with Crippen molar-refractivity contribution < 1.29 is 80.3 Å². The van der Waals surface area contributed by atoms with Gasteiger partial charge in [0.2, 0.25) is 0 Å². The quantitative estimate of drug-likeness (QED) is 0.252. The third-order valence-corrected chi connectivity index (χ3v) is 3.65. The minimum Gasteiger partial charge on any atom is -1.00 e. The molecule has 0 fully saturated rings. The standard InChI is InChI=1S/C15H21F6N3.3ClH/c16-14(17,18)11-6-10(7-12(8-11)15(19,20)21)3-5-24-9-13(23)2-1-4-22;;;/h6-8,13,24H,1-5,9,22-23H2;3*1H/t13-;;;/m0.../s1. The van der Waals surface area contributed by atoms with E-state index in [-0.39, 0.29) is 61.3 Å². The Bertz CT molecular complexity index is 494. The molecule has 1 rings (SSSR count). The van der Waals surface area contributed by atoms with E-state index in [9.17, 15) is 26.3 Å². The summed E-state index contributed by atoms with van der Waals surface area (Å²) in [5.41, 5.74) is 5.19. The highest BCUT2D eigenvalue weighted by molar-refractivity contribution is 5.33. The van der Waals surface area contributed by atoms with Crippen LogP contribution in [0.2, 0.25) is 0 Å². The van der Waals surface area contributed by atoms with Crippen LogP contribution in [-0.2, 0) is 18.8 Å². The maximum absolute atomic E-state index is 12.8. The Kier molecular flexibility index (Phi) is 15.8. The fraction of sp³-hybridized carbons (Fsp3) is 0.600. The molecular formula is C15H24Cl3F6N3. The van der Waals surface area contributed by atoms with E-state index < -0.39 is 23.5 Å². The normalized spacial score (nSPS) is 12.4. The molecule has 1 aromatic carbocycles. The Morgan fingerprint density at radius 1 is 0.889 bits per heavy atom. The molecule has 0 aliphatic heterocycles. The summed E-state index contributed by atoms with van der Waals surface area (Å²) in [6, 6.07) is 1.91. The molecule has 12 heteroatoms. The second kappa shape index (κ2) is 13.7. The monoisotopic (exact) mass is 465 g/mol. The van der Waals surface area contributed by atoms with Gasteiger partial charge in [0.05, 0.1) is 24.2 Å². The first-order chi connectivity index (χ1) is 11.0. The van der Waals surface area contributed by atoms with Gasteiger partial charge in [-0.1, -0.05) is 0 Å². The molecule has 0 radical (unpaired) electrons. The van der Waals surface area contributed by atoms with Gasteiger partial charge in [-0.3, -0.25) is 0 Å². The van der Waals surface area contributed by atoms with E-state index in [1.807, 2.05) is 5.32 Å². The van der Waals surface area contributed by atoms with Crippen molar-refractivity contribution in [1.82, 2.24) is 0 Å². The van der Waals surface area contributed by atoms with Crippen LogP contribution in [0.4, 0.5) is 26.3 Å². The van der Waals surface area contributed by atoms with E-state index >= 15 is 0 Å². The SMILES string of the molecule is [Cl-].[Cl-].[Cl-].[NH3+]CCC[C@H]([NH3+])C[NH2+]CCc1cc(C(F)(F)F)cc(C(F)(F)F)c1. The summed E-state index contributed by atoms with van der Waals surface area (Å²) in [4.78, 5) is 0. The summed E-state index contributed by atoms with van der Waals surface area (Å²) in [6.07, 6.45) is -7.61.